The molecule has 0 spiro atoms. The van der Waals surface area contributed by atoms with Gasteiger partial charge in [0.05, 0.1) is 15.0 Å². The summed E-state index contributed by atoms with van der Waals surface area (Å²) in [4.78, 5) is 4.32. The summed E-state index contributed by atoms with van der Waals surface area (Å²) in [7, 11) is 0. The van der Waals surface area contributed by atoms with E-state index in [9.17, 15) is 0 Å². The van der Waals surface area contributed by atoms with Gasteiger partial charge in [-0.05, 0) is 41.4 Å². The zero-order chi connectivity index (χ0) is 8.39. The van der Waals surface area contributed by atoms with E-state index in [1.54, 1.807) is 11.3 Å². The minimum atomic E-state index is 0.808. The lowest BCUT2D eigenvalue weighted by Gasteiger charge is -2.03. The Bertz CT molecular complexity index is 255. The van der Waals surface area contributed by atoms with Gasteiger partial charge in [0.1, 0.15) is 0 Å². The van der Waals surface area contributed by atoms with Gasteiger partial charge >= 0.3 is 0 Å². The standard InChI is InChI=1S/C8H11BrN2S/c9-7-5-11-8(12-7)3-6-1-2-10-4-6/h5-6,10H,1-4H2. The van der Waals surface area contributed by atoms with Crippen LogP contribution in [0.1, 0.15) is 11.4 Å². The molecule has 0 saturated carbocycles. The molecular weight excluding hydrogens is 236 g/mol. The highest BCUT2D eigenvalue weighted by Gasteiger charge is 2.16. The first-order valence-electron chi connectivity index (χ1n) is 4.15. The van der Waals surface area contributed by atoms with Crippen molar-refractivity contribution < 1.29 is 0 Å². The lowest BCUT2D eigenvalue weighted by molar-refractivity contribution is 0.578. The monoisotopic (exact) mass is 246 g/mol. The van der Waals surface area contributed by atoms with Crippen LogP contribution in [0.3, 0.4) is 0 Å². The first-order chi connectivity index (χ1) is 5.84. The number of rotatable bonds is 2. The molecule has 1 aromatic rings. The van der Waals surface area contributed by atoms with E-state index in [4.69, 9.17) is 0 Å². The second kappa shape index (κ2) is 3.85. The summed E-state index contributed by atoms with van der Waals surface area (Å²) in [6.45, 7) is 2.34. The summed E-state index contributed by atoms with van der Waals surface area (Å²) < 4.78 is 1.14. The molecule has 0 radical (unpaired) electrons. The quantitative estimate of drug-likeness (QED) is 0.865. The first-order valence-corrected chi connectivity index (χ1v) is 5.76. The van der Waals surface area contributed by atoms with Gasteiger partial charge in [-0.1, -0.05) is 0 Å². The SMILES string of the molecule is Brc1cnc(CC2CCNC2)s1. The van der Waals surface area contributed by atoms with Gasteiger partial charge in [0.2, 0.25) is 0 Å². The number of hydrogen-bond acceptors (Lipinski definition) is 3. The van der Waals surface area contributed by atoms with Crippen LogP contribution >= 0.6 is 27.3 Å². The molecule has 1 fully saturated rings. The maximum Gasteiger partial charge on any atom is 0.0940 e. The third kappa shape index (κ3) is 2.06. The molecule has 0 aromatic carbocycles. The molecule has 1 atom stereocenters. The van der Waals surface area contributed by atoms with E-state index < -0.39 is 0 Å². The summed E-state index contributed by atoms with van der Waals surface area (Å²) in [6.07, 6.45) is 4.34. The average molecular weight is 247 g/mol. The van der Waals surface area contributed by atoms with Crippen molar-refractivity contribution in [3.05, 3.63) is 15.0 Å². The molecule has 1 aromatic heterocycles. The van der Waals surface area contributed by atoms with Crippen molar-refractivity contribution >= 4 is 27.3 Å². The number of thiazole rings is 1. The normalized spacial score (nSPS) is 23.2. The van der Waals surface area contributed by atoms with Crippen LogP contribution in [0.4, 0.5) is 0 Å². The van der Waals surface area contributed by atoms with Gasteiger partial charge in [-0.25, -0.2) is 4.98 Å². The predicted octanol–water partition coefficient (Wildman–Crippen LogP) is 2.06. The largest absolute Gasteiger partial charge is 0.316 e. The fraction of sp³-hybridized carbons (Fsp3) is 0.625. The fourth-order valence-electron chi connectivity index (χ4n) is 1.52. The summed E-state index contributed by atoms with van der Waals surface area (Å²) in [5, 5.41) is 4.62. The first kappa shape index (κ1) is 8.66. The van der Waals surface area contributed by atoms with Crippen LogP contribution in [0.25, 0.3) is 0 Å². The smallest absolute Gasteiger partial charge is 0.0940 e. The van der Waals surface area contributed by atoms with Gasteiger partial charge in [0.25, 0.3) is 0 Å². The van der Waals surface area contributed by atoms with Crippen molar-refractivity contribution in [1.29, 1.82) is 0 Å². The Morgan fingerprint density at radius 3 is 3.25 bits per heavy atom. The van der Waals surface area contributed by atoms with E-state index in [1.165, 1.54) is 18.0 Å². The number of nitrogens with one attached hydrogen (secondary N) is 1. The predicted molar refractivity (Wildman–Crippen MR) is 54.5 cm³/mol. The molecule has 66 valence electrons. The average Bonchev–Trinajstić information content (AvgIpc) is 2.63. The summed E-state index contributed by atoms with van der Waals surface area (Å²) >= 11 is 5.17. The fourth-order valence-corrected chi connectivity index (χ4v) is 2.94. The Kier molecular flexibility index (Phi) is 2.78. The van der Waals surface area contributed by atoms with Crippen LogP contribution in [0.15, 0.2) is 9.98 Å². The van der Waals surface area contributed by atoms with Gasteiger partial charge in [0, 0.05) is 6.42 Å². The molecule has 1 saturated heterocycles. The molecule has 1 aliphatic heterocycles. The maximum atomic E-state index is 4.32. The van der Waals surface area contributed by atoms with Crippen molar-refractivity contribution in [2.24, 2.45) is 5.92 Å². The van der Waals surface area contributed by atoms with E-state index in [1.807, 2.05) is 6.20 Å². The van der Waals surface area contributed by atoms with Crippen LogP contribution in [0.5, 0.6) is 0 Å². The van der Waals surface area contributed by atoms with Crippen molar-refractivity contribution in [3.8, 4) is 0 Å². The molecule has 0 aliphatic carbocycles. The van der Waals surface area contributed by atoms with E-state index in [0.717, 1.165) is 22.7 Å². The molecule has 2 rings (SSSR count). The van der Waals surface area contributed by atoms with Crippen molar-refractivity contribution in [2.45, 2.75) is 12.8 Å². The Morgan fingerprint density at radius 2 is 2.67 bits per heavy atom. The van der Waals surface area contributed by atoms with Crippen molar-refractivity contribution in [1.82, 2.24) is 10.3 Å². The van der Waals surface area contributed by atoms with E-state index >= 15 is 0 Å². The molecule has 2 heterocycles. The number of aromatic nitrogens is 1. The maximum absolute atomic E-state index is 4.32. The summed E-state index contributed by atoms with van der Waals surface area (Å²) in [5.74, 6) is 0.808. The molecule has 2 nitrogen and oxygen atoms in total. The van der Waals surface area contributed by atoms with Gasteiger partial charge in [0.15, 0.2) is 0 Å². The van der Waals surface area contributed by atoms with Gasteiger partial charge < -0.3 is 5.32 Å². The zero-order valence-electron chi connectivity index (χ0n) is 6.72. The molecule has 12 heavy (non-hydrogen) atoms. The van der Waals surface area contributed by atoms with Crippen LogP contribution in [-0.2, 0) is 6.42 Å². The van der Waals surface area contributed by atoms with E-state index in [0.29, 0.717) is 0 Å². The van der Waals surface area contributed by atoms with Crippen molar-refractivity contribution in [3.63, 3.8) is 0 Å². The third-order valence-electron chi connectivity index (χ3n) is 2.15. The van der Waals surface area contributed by atoms with E-state index in [-0.39, 0.29) is 0 Å². The van der Waals surface area contributed by atoms with Gasteiger partial charge in [-0.3, -0.25) is 0 Å². The van der Waals surface area contributed by atoms with Gasteiger partial charge in [-0.15, -0.1) is 11.3 Å². The topological polar surface area (TPSA) is 24.9 Å². The third-order valence-corrected chi connectivity index (χ3v) is 3.65. The zero-order valence-corrected chi connectivity index (χ0v) is 9.12. The molecule has 0 amide bonds. The minimum Gasteiger partial charge on any atom is -0.316 e. The van der Waals surface area contributed by atoms with Gasteiger partial charge in [-0.2, -0.15) is 0 Å². The van der Waals surface area contributed by atoms with Crippen molar-refractivity contribution in [2.75, 3.05) is 13.1 Å². The summed E-state index contributed by atoms with van der Waals surface area (Å²) in [6, 6.07) is 0. The second-order valence-corrected chi connectivity index (χ2v) is 5.62. The molecule has 4 heteroatoms. The number of nitrogens with zero attached hydrogens (tertiary/aromatic N) is 1. The summed E-state index contributed by atoms with van der Waals surface area (Å²) in [5.41, 5.74) is 0. The molecule has 1 unspecified atom stereocenters. The van der Waals surface area contributed by atoms with E-state index in [2.05, 4.69) is 26.2 Å². The minimum absolute atomic E-state index is 0.808. The Morgan fingerprint density at radius 1 is 1.75 bits per heavy atom. The number of hydrogen-bond donors (Lipinski definition) is 1. The van der Waals surface area contributed by atoms with Crippen LogP contribution in [-0.4, -0.2) is 18.1 Å². The van der Waals surface area contributed by atoms with Crippen LogP contribution in [0.2, 0.25) is 0 Å². The lowest BCUT2D eigenvalue weighted by atomic mass is 10.1. The molecular formula is C8H11BrN2S. The molecule has 1 N–H and O–H groups in total. The molecule has 1 aliphatic rings. The highest BCUT2D eigenvalue weighted by Crippen LogP contribution is 2.23. The van der Waals surface area contributed by atoms with Crippen LogP contribution < -0.4 is 5.32 Å². The second-order valence-electron chi connectivity index (χ2n) is 3.12. The highest BCUT2D eigenvalue weighted by atomic mass is 79.9. The van der Waals surface area contributed by atoms with Crippen LogP contribution in [0, 0.1) is 5.92 Å². The Labute approximate surface area is 84.5 Å². The Hall–Kier alpha value is 0.0700. The Balaban J connectivity index is 1.94. The lowest BCUT2D eigenvalue weighted by Crippen LogP contribution is -2.10. The highest BCUT2D eigenvalue weighted by molar-refractivity contribution is 9.11. The number of halogens is 1. The molecule has 0 bridgehead atoms.